The van der Waals surface area contributed by atoms with E-state index >= 15 is 0 Å². The van der Waals surface area contributed by atoms with Crippen LogP contribution in [-0.4, -0.2) is 49.4 Å². The second-order valence-corrected chi connectivity index (χ2v) is 10.1. The van der Waals surface area contributed by atoms with Gasteiger partial charge in [-0.2, -0.15) is 0 Å². The first-order chi connectivity index (χ1) is 17.0. The van der Waals surface area contributed by atoms with E-state index in [1.165, 1.54) is 5.56 Å². The number of rotatable bonds is 12. The third-order valence-electron chi connectivity index (χ3n) is 5.24. The molecule has 3 rings (SSSR count). The van der Waals surface area contributed by atoms with E-state index in [0.29, 0.717) is 6.54 Å². The number of oxazole rings is 1. The molecular weight excluding hydrogens is 494 g/mol. The van der Waals surface area contributed by atoms with Crippen LogP contribution in [0.5, 0.6) is 0 Å². The Kier molecular flexibility index (Phi) is 9.13. The number of hydrogen-bond donors (Lipinski definition) is 4. The standard InChI is InChI=1S/C24H28F2N4O5S/c1-3-15-5-4-6-16(7-15)12-27-13-21(31)20(10-17-8-18(25)11-19(26)9-17)29-23(32)22-14-28-24(35-22)30-36(2,33)34/h4-9,11,14,20-21,27,31H,3,10,12-13H2,1-2H3,(H,28,30)(H,29,32)/t20-,21-/m0/s1. The lowest BCUT2D eigenvalue weighted by Crippen LogP contribution is -2.48. The number of carbonyl (C=O) groups is 1. The first-order valence-electron chi connectivity index (χ1n) is 11.2. The van der Waals surface area contributed by atoms with Crippen molar-refractivity contribution in [2.45, 2.75) is 38.5 Å². The highest BCUT2D eigenvalue weighted by atomic mass is 32.2. The number of hydrogen-bond acceptors (Lipinski definition) is 7. The van der Waals surface area contributed by atoms with Crippen LogP contribution in [0.4, 0.5) is 14.8 Å². The van der Waals surface area contributed by atoms with Crippen LogP contribution in [0, 0.1) is 11.6 Å². The molecule has 0 radical (unpaired) electrons. The van der Waals surface area contributed by atoms with Crippen molar-refractivity contribution in [1.29, 1.82) is 0 Å². The quantitative estimate of drug-likeness (QED) is 0.287. The predicted octanol–water partition coefficient (Wildman–Crippen LogP) is 2.38. The average Bonchev–Trinajstić information content (AvgIpc) is 3.25. The molecule has 0 saturated carbocycles. The summed E-state index contributed by atoms with van der Waals surface area (Å²) in [6, 6.07) is 9.53. The minimum Gasteiger partial charge on any atom is -0.418 e. The fraction of sp³-hybridized carbons (Fsp3) is 0.333. The number of halogens is 2. The molecule has 0 aliphatic heterocycles. The number of aliphatic hydroxyl groups excluding tert-OH is 1. The van der Waals surface area contributed by atoms with Crippen molar-refractivity contribution < 1.29 is 31.5 Å². The van der Waals surface area contributed by atoms with Crippen molar-refractivity contribution in [2.75, 3.05) is 17.5 Å². The van der Waals surface area contributed by atoms with Gasteiger partial charge >= 0.3 is 6.01 Å². The van der Waals surface area contributed by atoms with Gasteiger partial charge < -0.3 is 20.2 Å². The number of aliphatic hydroxyl groups is 1. The fourth-order valence-corrected chi connectivity index (χ4v) is 3.97. The molecule has 0 unspecified atom stereocenters. The highest BCUT2D eigenvalue weighted by Gasteiger charge is 2.25. The smallest absolute Gasteiger partial charge is 0.309 e. The number of sulfonamides is 1. The van der Waals surface area contributed by atoms with Crippen LogP contribution in [0.15, 0.2) is 53.1 Å². The van der Waals surface area contributed by atoms with E-state index in [4.69, 9.17) is 4.42 Å². The SMILES string of the molecule is CCc1cccc(CNC[C@H](O)[C@H](Cc2cc(F)cc(F)c2)NC(=O)c2cnc(NS(C)(=O)=O)o2)c1. The van der Waals surface area contributed by atoms with Gasteiger partial charge in [-0.25, -0.2) is 26.9 Å². The minimum atomic E-state index is -3.67. The van der Waals surface area contributed by atoms with E-state index in [1.54, 1.807) is 0 Å². The van der Waals surface area contributed by atoms with Gasteiger partial charge in [0.05, 0.1) is 24.6 Å². The lowest BCUT2D eigenvalue weighted by atomic mass is 10.0. The summed E-state index contributed by atoms with van der Waals surface area (Å²) in [6.07, 6.45) is 1.57. The number of anilines is 1. The molecule has 12 heteroatoms. The third kappa shape index (κ3) is 8.40. The van der Waals surface area contributed by atoms with Crippen molar-refractivity contribution in [3.05, 3.63) is 82.7 Å². The third-order valence-corrected chi connectivity index (χ3v) is 5.79. The Bertz CT molecular complexity index is 1280. The van der Waals surface area contributed by atoms with Crippen LogP contribution in [0.2, 0.25) is 0 Å². The number of benzene rings is 2. The molecule has 1 aromatic heterocycles. The molecular formula is C24H28F2N4O5S. The van der Waals surface area contributed by atoms with Crippen molar-refractivity contribution in [1.82, 2.24) is 15.6 Å². The minimum absolute atomic E-state index is 0.0659. The second-order valence-electron chi connectivity index (χ2n) is 8.34. The summed E-state index contributed by atoms with van der Waals surface area (Å²) >= 11 is 0. The molecule has 0 bridgehead atoms. The molecule has 0 aliphatic carbocycles. The number of amides is 1. The first-order valence-corrected chi connectivity index (χ1v) is 13.1. The largest absolute Gasteiger partial charge is 0.418 e. The van der Waals surface area contributed by atoms with Gasteiger partial charge in [0.15, 0.2) is 0 Å². The number of nitrogens with zero attached hydrogens (tertiary/aromatic N) is 1. The topological polar surface area (TPSA) is 134 Å². The van der Waals surface area contributed by atoms with Crippen molar-refractivity contribution >= 4 is 21.9 Å². The zero-order chi connectivity index (χ0) is 26.3. The predicted molar refractivity (Wildman–Crippen MR) is 130 cm³/mol. The maximum absolute atomic E-state index is 13.7. The first kappa shape index (κ1) is 27.2. The highest BCUT2D eigenvalue weighted by molar-refractivity contribution is 7.91. The van der Waals surface area contributed by atoms with Crippen LogP contribution in [0.1, 0.15) is 34.2 Å². The normalized spacial score (nSPS) is 13.2. The van der Waals surface area contributed by atoms with Gasteiger partial charge in [0.1, 0.15) is 11.6 Å². The highest BCUT2D eigenvalue weighted by Crippen LogP contribution is 2.14. The number of nitrogens with one attached hydrogen (secondary N) is 3. The van der Waals surface area contributed by atoms with Gasteiger partial charge in [0, 0.05) is 19.2 Å². The lowest BCUT2D eigenvalue weighted by molar-refractivity contribution is 0.0805. The van der Waals surface area contributed by atoms with Crippen LogP contribution >= 0.6 is 0 Å². The Hall–Kier alpha value is -3.35. The van der Waals surface area contributed by atoms with Gasteiger partial charge in [-0.05, 0) is 41.7 Å². The maximum atomic E-state index is 13.7. The molecule has 4 N–H and O–H groups in total. The summed E-state index contributed by atoms with van der Waals surface area (Å²) in [5.41, 5.74) is 2.41. The molecule has 0 saturated heterocycles. The second kappa shape index (κ2) is 12.1. The molecule has 1 amide bonds. The van der Waals surface area contributed by atoms with Gasteiger partial charge in [-0.3, -0.25) is 4.79 Å². The summed E-state index contributed by atoms with van der Waals surface area (Å²) in [7, 11) is -3.67. The van der Waals surface area contributed by atoms with Crippen molar-refractivity contribution in [2.24, 2.45) is 0 Å². The summed E-state index contributed by atoms with van der Waals surface area (Å²) < 4.78 is 57.2. The molecule has 3 aromatic rings. The molecule has 0 spiro atoms. The van der Waals surface area contributed by atoms with Crippen LogP contribution in [0.25, 0.3) is 0 Å². The Morgan fingerprint density at radius 2 is 1.81 bits per heavy atom. The van der Waals surface area contributed by atoms with E-state index in [9.17, 15) is 27.1 Å². The summed E-state index contributed by atoms with van der Waals surface area (Å²) in [5.74, 6) is -2.68. The Labute approximate surface area is 208 Å². The fourth-order valence-electron chi connectivity index (χ4n) is 3.56. The van der Waals surface area contributed by atoms with E-state index in [1.807, 2.05) is 35.9 Å². The Balaban J connectivity index is 1.71. The number of aryl methyl sites for hydroxylation is 1. The van der Waals surface area contributed by atoms with Gasteiger partial charge in [-0.1, -0.05) is 31.2 Å². The van der Waals surface area contributed by atoms with Gasteiger partial charge in [-0.15, -0.1) is 0 Å². The van der Waals surface area contributed by atoms with Crippen LogP contribution in [0.3, 0.4) is 0 Å². The Morgan fingerprint density at radius 1 is 1.11 bits per heavy atom. The van der Waals surface area contributed by atoms with E-state index < -0.39 is 45.7 Å². The van der Waals surface area contributed by atoms with Crippen molar-refractivity contribution in [3.63, 3.8) is 0 Å². The molecule has 36 heavy (non-hydrogen) atoms. The number of carbonyl (C=O) groups excluding carboxylic acids is 1. The van der Waals surface area contributed by atoms with E-state index in [2.05, 4.69) is 15.6 Å². The molecule has 0 fully saturated rings. The van der Waals surface area contributed by atoms with Crippen molar-refractivity contribution in [3.8, 4) is 0 Å². The maximum Gasteiger partial charge on any atom is 0.309 e. The van der Waals surface area contributed by atoms with Gasteiger partial charge in [0.2, 0.25) is 15.8 Å². The van der Waals surface area contributed by atoms with Crippen LogP contribution < -0.4 is 15.4 Å². The van der Waals surface area contributed by atoms with Gasteiger partial charge in [0.25, 0.3) is 5.91 Å². The molecule has 2 aromatic carbocycles. The molecule has 194 valence electrons. The lowest BCUT2D eigenvalue weighted by Gasteiger charge is -2.24. The molecule has 0 aliphatic rings. The molecule has 1 heterocycles. The van der Waals surface area contributed by atoms with Crippen LogP contribution in [-0.2, 0) is 29.4 Å². The molecule has 2 atom stereocenters. The summed E-state index contributed by atoms with van der Waals surface area (Å²) in [6.45, 7) is 2.58. The number of aromatic nitrogens is 1. The summed E-state index contributed by atoms with van der Waals surface area (Å²) in [4.78, 5) is 16.4. The zero-order valence-electron chi connectivity index (χ0n) is 19.8. The average molecular weight is 523 g/mol. The van der Waals surface area contributed by atoms with E-state index in [-0.39, 0.29) is 24.3 Å². The van der Waals surface area contributed by atoms with E-state index in [0.717, 1.165) is 42.6 Å². The Morgan fingerprint density at radius 3 is 2.47 bits per heavy atom. The summed E-state index contributed by atoms with van der Waals surface area (Å²) in [5, 5.41) is 16.5. The molecule has 9 nitrogen and oxygen atoms in total. The monoisotopic (exact) mass is 522 g/mol. The zero-order valence-corrected chi connectivity index (χ0v) is 20.6.